The van der Waals surface area contributed by atoms with E-state index in [1.165, 1.54) is 5.56 Å². The zero-order valence-electron chi connectivity index (χ0n) is 17.1. The van der Waals surface area contributed by atoms with E-state index < -0.39 is 0 Å². The van der Waals surface area contributed by atoms with E-state index in [1.807, 2.05) is 24.4 Å². The van der Waals surface area contributed by atoms with Gasteiger partial charge in [-0.2, -0.15) is 0 Å². The Labute approximate surface area is 181 Å². The van der Waals surface area contributed by atoms with Crippen LogP contribution in [0.4, 0.5) is 5.69 Å². The number of nitrogens with one attached hydrogen (secondary N) is 2. The van der Waals surface area contributed by atoms with Gasteiger partial charge in [0, 0.05) is 48.2 Å². The number of fused-ring (bicyclic) bond motifs is 1. The predicted molar refractivity (Wildman–Crippen MR) is 121 cm³/mol. The van der Waals surface area contributed by atoms with Crippen molar-refractivity contribution in [1.82, 2.24) is 10.3 Å². The van der Waals surface area contributed by atoms with Crippen LogP contribution in [0.5, 0.6) is 5.88 Å². The topological polar surface area (TPSA) is 55.4 Å². The second-order valence-corrected chi connectivity index (χ2v) is 8.61. The van der Waals surface area contributed by atoms with Gasteiger partial charge in [0.25, 0.3) is 0 Å². The molecule has 0 bridgehead atoms. The van der Waals surface area contributed by atoms with Crippen molar-refractivity contribution in [3.63, 3.8) is 0 Å². The Morgan fingerprint density at radius 1 is 1.17 bits per heavy atom. The number of hydrogen-bond donors (Lipinski definition) is 2. The van der Waals surface area contributed by atoms with Gasteiger partial charge in [-0.25, -0.2) is 4.98 Å². The van der Waals surface area contributed by atoms with Gasteiger partial charge in [-0.15, -0.1) is 0 Å². The number of aromatic nitrogens is 1. The Kier molecular flexibility index (Phi) is 5.27. The highest BCUT2D eigenvalue weighted by atomic mass is 35.5. The minimum Gasteiger partial charge on any atom is -0.474 e. The van der Waals surface area contributed by atoms with Crippen LogP contribution in [0.1, 0.15) is 24.0 Å². The van der Waals surface area contributed by atoms with Crippen molar-refractivity contribution in [3.8, 4) is 5.88 Å². The molecule has 1 aromatic heterocycles. The number of halogens is 1. The van der Waals surface area contributed by atoms with Crippen LogP contribution in [-0.4, -0.2) is 37.4 Å². The first-order valence-corrected chi connectivity index (χ1v) is 10.9. The van der Waals surface area contributed by atoms with Crippen LogP contribution in [-0.2, 0) is 10.3 Å². The van der Waals surface area contributed by atoms with Crippen LogP contribution in [0.25, 0.3) is 10.8 Å². The van der Waals surface area contributed by atoms with Crippen molar-refractivity contribution in [1.29, 1.82) is 0 Å². The molecule has 0 saturated carbocycles. The summed E-state index contributed by atoms with van der Waals surface area (Å²) in [7, 11) is 0. The van der Waals surface area contributed by atoms with Gasteiger partial charge in [0.05, 0.1) is 18.8 Å². The van der Waals surface area contributed by atoms with Gasteiger partial charge >= 0.3 is 0 Å². The fourth-order valence-electron chi connectivity index (χ4n) is 4.39. The van der Waals surface area contributed by atoms with E-state index in [0.29, 0.717) is 5.88 Å². The molecule has 156 valence electrons. The third-order valence-corrected chi connectivity index (χ3v) is 6.61. The van der Waals surface area contributed by atoms with Gasteiger partial charge in [-0.3, -0.25) is 0 Å². The van der Waals surface area contributed by atoms with E-state index in [4.69, 9.17) is 21.1 Å². The van der Waals surface area contributed by atoms with E-state index >= 15 is 0 Å². The van der Waals surface area contributed by atoms with E-state index in [0.717, 1.165) is 66.2 Å². The van der Waals surface area contributed by atoms with Crippen molar-refractivity contribution in [3.05, 3.63) is 64.8 Å². The van der Waals surface area contributed by atoms with Gasteiger partial charge in [-0.1, -0.05) is 29.8 Å². The lowest BCUT2D eigenvalue weighted by Gasteiger charge is -2.45. The second kappa shape index (κ2) is 8.06. The Hall–Kier alpha value is -2.34. The third kappa shape index (κ3) is 3.62. The van der Waals surface area contributed by atoms with Crippen molar-refractivity contribution in [2.75, 3.05) is 31.6 Å². The van der Waals surface area contributed by atoms with Crippen molar-refractivity contribution < 1.29 is 9.47 Å². The molecule has 3 aromatic rings. The Morgan fingerprint density at radius 2 is 2.00 bits per heavy atom. The molecule has 2 saturated heterocycles. The van der Waals surface area contributed by atoms with Crippen LogP contribution >= 0.6 is 11.6 Å². The molecule has 0 amide bonds. The normalized spacial score (nSPS) is 18.7. The van der Waals surface area contributed by atoms with E-state index in [-0.39, 0.29) is 11.6 Å². The molecular weight excluding hydrogens is 398 g/mol. The predicted octanol–water partition coefficient (Wildman–Crippen LogP) is 4.67. The Balaban J connectivity index is 1.47. The van der Waals surface area contributed by atoms with Gasteiger partial charge in [-0.05, 0) is 47.7 Å². The van der Waals surface area contributed by atoms with Crippen LogP contribution < -0.4 is 15.4 Å². The average Bonchev–Trinajstić information content (AvgIpc) is 2.74. The summed E-state index contributed by atoms with van der Waals surface area (Å²) in [4.78, 5) is 4.54. The van der Waals surface area contributed by atoms with E-state index in [2.05, 4.69) is 46.8 Å². The number of nitrogens with zero attached hydrogens (tertiary/aromatic N) is 1. The minimum absolute atomic E-state index is 0.157. The molecule has 3 heterocycles. The molecule has 2 N–H and O–H groups in total. The maximum absolute atomic E-state index is 6.41. The summed E-state index contributed by atoms with van der Waals surface area (Å²) < 4.78 is 11.7. The first-order valence-electron chi connectivity index (χ1n) is 10.5. The van der Waals surface area contributed by atoms with Crippen LogP contribution in [0.3, 0.4) is 0 Å². The molecule has 5 nitrogen and oxygen atoms in total. The Bertz CT molecular complexity index is 1060. The molecular formula is C24H26ClN3O2. The Morgan fingerprint density at radius 3 is 2.77 bits per heavy atom. The van der Waals surface area contributed by atoms with Gasteiger partial charge < -0.3 is 20.1 Å². The SMILES string of the molecule is Cc1c(Cl)cccc1C1(Nc2ccc3ccnc(OC4CCOCC4)c3c2)CNC1. The first kappa shape index (κ1) is 19.6. The number of hydrogen-bond acceptors (Lipinski definition) is 5. The van der Waals surface area contributed by atoms with Crippen molar-refractivity contribution in [2.45, 2.75) is 31.4 Å². The summed E-state index contributed by atoms with van der Waals surface area (Å²) in [5.74, 6) is 0.697. The average molecular weight is 424 g/mol. The van der Waals surface area contributed by atoms with Crippen LogP contribution in [0.15, 0.2) is 48.7 Å². The highest BCUT2D eigenvalue weighted by Crippen LogP contribution is 2.36. The number of pyridine rings is 1. The zero-order chi connectivity index (χ0) is 20.6. The zero-order valence-corrected chi connectivity index (χ0v) is 17.8. The number of anilines is 1. The highest BCUT2D eigenvalue weighted by molar-refractivity contribution is 6.31. The molecule has 0 unspecified atom stereocenters. The third-order valence-electron chi connectivity index (χ3n) is 6.20. The molecule has 2 fully saturated rings. The monoisotopic (exact) mass is 423 g/mol. The molecule has 30 heavy (non-hydrogen) atoms. The second-order valence-electron chi connectivity index (χ2n) is 8.20. The van der Waals surface area contributed by atoms with Gasteiger partial charge in [0.2, 0.25) is 5.88 Å². The summed E-state index contributed by atoms with van der Waals surface area (Å²) in [6.45, 7) is 5.28. The highest BCUT2D eigenvalue weighted by Gasteiger charge is 2.40. The molecule has 0 aliphatic carbocycles. The number of ether oxygens (including phenoxy) is 2. The van der Waals surface area contributed by atoms with E-state index in [1.54, 1.807) is 0 Å². The lowest BCUT2D eigenvalue weighted by atomic mass is 9.81. The summed E-state index contributed by atoms with van der Waals surface area (Å²) in [6, 6.07) is 14.6. The van der Waals surface area contributed by atoms with Gasteiger partial charge in [0.1, 0.15) is 6.10 Å². The first-order chi connectivity index (χ1) is 14.6. The maximum Gasteiger partial charge on any atom is 0.221 e. The minimum atomic E-state index is -0.174. The quantitative estimate of drug-likeness (QED) is 0.624. The summed E-state index contributed by atoms with van der Waals surface area (Å²) in [6.07, 6.45) is 3.78. The number of rotatable bonds is 5. The van der Waals surface area contributed by atoms with E-state index in [9.17, 15) is 0 Å². The fraction of sp³-hybridized carbons (Fsp3) is 0.375. The largest absolute Gasteiger partial charge is 0.474 e. The van der Waals surface area contributed by atoms with Crippen molar-refractivity contribution in [2.24, 2.45) is 0 Å². The van der Waals surface area contributed by atoms with Gasteiger partial charge in [0.15, 0.2) is 0 Å². The molecule has 2 aromatic carbocycles. The summed E-state index contributed by atoms with van der Waals surface area (Å²) >= 11 is 6.41. The molecule has 0 radical (unpaired) electrons. The smallest absolute Gasteiger partial charge is 0.221 e. The molecule has 0 spiro atoms. The van der Waals surface area contributed by atoms with Crippen LogP contribution in [0, 0.1) is 6.92 Å². The number of benzene rings is 2. The molecule has 6 heteroatoms. The lowest BCUT2D eigenvalue weighted by Crippen LogP contribution is -2.61. The molecule has 0 atom stereocenters. The van der Waals surface area contributed by atoms with Crippen LogP contribution in [0.2, 0.25) is 5.02 Å². The molecule has 2 aliphatic heterocycles. The standard InChI is InChI=1S/C24H26ClN3O2/c1-16-21(3-2-4-22(16)25)24(14-26-15-24)28-18-6-5-17-7-10-27-23(20(17)13-18)30-19-8-11-29-12-9-19/h2-7,10,13,19,26,28H,8-9,11-12,14-15H2,1H3. The maximum atomic E-state index is 6.41. The molecule has 2 aliphatic rings. The molecule has 5 rings (SSSR count). The van der Waals surface area contributed by atoms with Crippen molar-refractivity contribution >= 4 is 28.1 Å². The summed E-state index contributed by atoms with van der Waals surface area (Å²) in [5.41, 5.74) is 3.23. The fourth-order valence-corrected chi connectivity index (χ4v) is 4.56. The summed E-state index contributed by atoms with van der Waals surface area (Å²) in [5, 5.41) is 10.1. The lowest BCUT2D eigenvalue weighted by molar-refractivity contribution is 0.0244.